The number of hydrogen-bond acceptors (Lipinski definition) is 9. The number of halogens is 1. The van der Waals surface area contributed by atoms with Crippen molar-refractivity contribution in [2.75, 3.05) is 25.6 Å². The van der Waals surface area contributed by atoms with Gasteiger partial charge in [0.05, 0.1) is 47.1 Å². The first-order chi connectivity index (χ1) is 19.9. The highest BCUT2D eigenvalue weighted by Gasteiger charge is 2.25. The predicted octanol–water partition coefficient (Wildman–Crippen LogP) is 4.08. The third-order valence-corrected chi connectivity index (χ3v) is 10.1. The molecular formula is C27H28ClN7O5S2. The number of ether oxygens (including phenoxy) is 1. The molecular weight excluding hydrogens is 602 g/mol. The van der Waals surface area contributed by atoms with Crippen LogP contribution in [-0.2, 0) is 26.6 Å². The van der Waals surface area contributed by atoms with E-state index in [-0.39, 0.29) is 5.02 Å². The fourth-order valence-corrected chi connectivity index (χ4v) is 7.43. The quantitative estimate of drug-likeness (QED) is 0.260. The van der Waals surface area contributed by atoms with Crippen molar-refractivity contribution in [1.82, 2.24) is 33.0 Å². The van der Waals surface area contributed by atoms with Crippen LogP contribution in [0.1, 0.15) is 18.7 Å². The van der Waals surface area contributed by atoms with Crippen molar-refractivity contribution in [2.24, 2.45) is 5.92 Å². The monoisotopic (exact) mass is 629 g/mol. The van der Waals surface area contributed by atoms with Crippen LogP contribution < -0.4 is 4.74 Å². The Labute approximate surface area is 248 Å². The molecule has 0 atom stereocenters. The Morgan fingerprint density at radius 2 is 1.71 bits per heavy atom. The summed E-state index contributed by atoms with van der Waals surface area (Å²) in [5.41, 5.74) is 3.34. The van der Waals surface area contributed by atoms with E-state index in [0.717, 1.165) is 24.7 Å². The fraction of sp³-hybridized carbons (Fsp3) is 0.333. The van der Waals surface area contributed by atoms with Gasteiger partial charge in [-0.1, -0.05) is 11.6 Å². The summed E-state index contributed by atoms with van der Waals surface area (Å²) in [6.45, 7) is 3.35. The average Bonchev–Trinajstić information content (AvgIpc) is 3.53. The van der Waals surface area contributed by atoms with Gasteiger partial charge in [0.1, 0.15) is 27.9 Å². The largest absolute Gasteiger partial charge is 0.456 e. The van der Waals surface area contributed by atoms with Gasteiger partial charge in [0.25, 0.3) is 0 Å². The molecule has 0 saturated carbocycles. The molecule has 6 rings (SSSR count). The second-order valence-electron chi connectivity index (χ2n) is 10.5. The van der Waals surface area contributed by atoms with Gasteiger partial charge in [-0.2, -0.15) is 5.10 Å². The van der Waals surface area contributed by atoms with Crippen LogP contribution in [-0.4, -0.2) is 75.4 Å². The Morgan fingerprint density at radius 1 is 0.976 bits per heavy atom. The van der Waals surface area contributed by atoms with Crippen molar-refractivity contribution in [3.05, 3.63) is 59.8 Å². The molecule has 0 N–H and O–H groups in total. The van der Waals surface area contributed by atoms with Gasteiger partial charge in [-0.25, -0.2) is 35.1 Å². The van der Waals surface area contributed by atoms with Gasteiger partial charge in [0.15, 0.2) is 0 Å². The van der Waals surface area contributed by atoms with Crippen LogP contribution >= 0.6 is 11.6 Å². The van der Waals surface area contributed by atoms with Crippen LogP contribution in [0.2, 0.25) is 5.02 Å². The molecule has 0 unspecified atom stereocenters. The van der Waals surface area contributed by atoms with E-state index < -0.39 is 20.0 Å². The maximum atomic E-state index is 12.3. The Morgan fingerprint density at radius 3 is 2.43 bits per heavy atom. The Hall–Kier alpha value is -3.59. The minimum Gasteiger partial charge on any atom is -0.456 e. The lowest BCUT2D eigenvalue weighted by atomic mass is 9.98. The van der Waals surface area contributed by atoms with Crippen LogP contribution in [0.4, 0.5) is 0 Å². The highest BCUT2D eigenvalue weighted by molar-refractivity contribution is 7.89. The van der Waals surface area contributed by atoms with Gasteiger partial charge in [-0.3, -0.25) is 9.67 Å². The maximum absolute atomic E-state index is 12.3. The molecule has 1 aliphatic heterocycles. The zero-order chi connectivity index (χ0) is 29.8. The van der Waals surface area contributed by atoms with Gasteiger partial charge in [0.2, 0.25) is 20.0 Å². The molecule has 15 heteroatoms. The zero-order valence-electron chi connectivity index (χ0n) is 23.1. The molecule has 1 fully saturated rings. The molecule has 3 aromatic heterocycles. The van der Waals surface area contributed by atoms with E-state index in [0.29, 0.717) is 70.6 Å². The third-order valence-electron chi connectivity index (χ3n) is 7.34. The Balaban J connectivity index is 1.23. The fourth-order valence-electron chi connectivity index (χ4n) is 5.29. The summed E-state index contributed by atoms with van der Waals surface area (Å²) in [5, 5.41) is 4.75. The lowest BCUT2D eigenvalue weighted by Crippen LogP contribution is -2.38. The van der Waals surface area contributed by atoms with Gasteiger partial charge < -0.3 is 4.74 Å². The molecule has 4 heterocycles. The van der Waals surface area contributed by atoms with Crippen molar-refractivity contribution < 1.29 is 21.6 Å². The minimum absolute atomic E-state index is 0.264. The van der Waals surface area contributed by atoms with E-state index in [1.165, 1.54) is 14.5 Å². The molecule has 2 aromatic carbocycles. The molecule has 1 saturated heterocycles. The summed E-state index contributed by atoms with van der Waals surface area (Å²) in [6.07, 6.45) is 9.20. The zero-order valence-corrected chi connectivity index (χ0v) is 25.5. The number of nitrogens with zero attached hydrogens (tertiary/aromatic N) is 7. The molecule has 0 radical (unpaired) electrons. The summed E-state index contributed by atoms with van der Waals surface area (Å²) in [5.74, 6) is 1.41. The summed E-state index contributed by atoms with van der Waals surface area (Å²) in [4.78, 5) is 13.6. The topological polar surface area (TPSA) is 142 Å². The molecule has 12 nitrogen and oxygen atoms in total. The number of fused-ring (bicyclic) bond motifs is 2. The number of piperidine rings is 1. The predicted molar refractivity (Wildman–Crippen MR) is 160 cm³/mol. The summed E-state index contributed by atoms with van der Waals surface area (Å²) < 4.78 is 58.8. The molecule has 0 amide bonds. The average molecular weight is 630 g/mol. The number of hydrogen-bond donors (Lipinski definition) is 0. The molecule has 220 valence electrons. The number of aryl methyl sites for hydroxylation is 1. The number of aromatic nitrogens is 6. The van der Waals surface area contributed by atoms with Gasteiger partial charge in [-0.05, 0) is 49.9 Å². The highest BCUT2D eigenvalue weighted by atomic mass is 35.5. The lowest BCUT2D eigenvalue weighted by Gasteiger charge is -2.30. The van der Waals surface area contributed by atoms with Crippen LogP contribution in [0.15, 0.2) is 48.9 Å². The van der Waals surface area contributed by atoms with Crippen molar-refractivity contribution >= 4 is 53.7 Å². The Kier molecular flexibility index (Phi) is 7.20. The van der Waals surface area contributed by atoms with Crippen molar-refractivity contribution in [3.8, 4) is 22.8 Å². The minimum atomic E-state index is -3.57. The summed E-state index contributed by atoms with van der Waals surface area (Å²) >= 11 is 6.75. The number of rotatable bonds is 7. The van der Waals surface area contributed by atoms with Crippen molar-refractivity contribution in [3.63, 3.8) is 0 Å². The van der Waals surface area contributed by atoms with E-state index in [2.05, 4.69) is 15.1 Å². The van der Waals surface area contributed by atoms with Gasteiger partial charge in [-0.15, -0.1) is 0 Å². The normalized spacial score (nSPS) is 15.5. The lowest BCUT2D eigenvalue weighted by molar-refractivity contribution is 0.248. The van der Waals surface area contributed by atoms with Gasteiger partial charge in [0, 0.05) is 37.5 Å². The standard InChI is InChI=1S/C27H28ClN7O5S2/c1-17-31-21-5-4-20(12-24(21)35(17)42(3,38)39)40-25-7-6-22-27(26(25)28)32-23(14-29-22)19-13-30-33(16-19)15-18-8-10-34(11-9-18)41(2,36)37/h4-7,12-14,16,18H,8-11,15H2,1-3H3. The first-order valence-electron chi connectivity index (χ1n) is 13.2. The van der Waals surface area contributed by atoms with Crippen molar-refractivity contribution in [2.45, 2.75) is 26.3 Å². The van der Waals surface area contributed by atoms with E-state index in [9.17, 15) is 16.8 Å². The van der Waals surface area contributed by atoms with Crippen LogP contribution in [0.3, 0.4) is 0 Å². The molecule has 0 aliphatic carbocycles. The van der Waals surface area contributed by atoms with Crippen LogP contribution in [0.5, 0.6) is 11.5 Å². The summed E-state index contributed by atoms with van der Waals surface area (Å²) in [7, 11) is -6.73. The highest BCUT2D eigenvalue weighted by Crippen LogP contribution is 2.36. The Bertz CT molecular complexity index is 2050. The van der Waals surface area contributed by atoms with Crippen LogP contribution in [0, 0.1) is 12.8 Å². The van der Waals surface area contributed by atoms with E-state index in [1.54, 1.807) is 49.6 Å². The number of benzene rings is 2. The van der Waals surface area contributed by atoms with Crippen molar-refractivity contribution in [1.29, 1.82) is 0 Å². The smallest absolute Gasteiger partial charge is 0.237 e. The van der Waals surface area contributed by atoms with Crippen LogP contribution in [0.25, 0.3) is 33.3 Å². The van der Waals surface area contributed by atoms with E-state index in [4.69, 9.17) is 21.3 Å². The second-order valence-corrected chi connectivity index (χ2v) is 14.7. The first-order valence-corrected chi connectivity index (χ1v) is 17.2. The molecule has 1 aliphatic rings. The molecule has 0 bridgehead atoms. The van der Waals surface area contributed by atoms with E-state index in [1.807, 2.05) is 10.9 Å². The molecule has 0 spiro atoms. The number of sulfonamides is 1. The third kappa shape index (κ3) is 5.59. The number of imidazole rings is 1. The SMILES string of the molecule is Cc1nc2ccc(Oc3ccc4ncc(-c5cnn(CC6CCN(S(C)(=O)=O)CC6)c5)nc4c3Cl)cc2n1S(C)(=O)=O. The molecule has 42 heavy (non-hydrogen) atoms. The second kappa shape index (κ2) is 10.6. The maximum Gasteiger partial charge on any atom is 0.237 e. The van der Waals surface area contributed by atoms with Gasteiger partial charge >= 0.3 is 0 Å². The first kappa shape index (κ1) is 28.5. The molecule has 5 aromatic rings. The summed E-state index contributed by atoms with van der Waals surface area (Å²) in [6, 6.07) is 8.44. The van der Waals surface area contributed by atoms with E-state index >= 15 is 0 Å².